The molecule has 0 aromatic carbocycles. The van der Waals surface area contributed by atoms with Gasteiger partial charge in [-0.2, -0.15) is 0 Å². The second-order valence-electron chi connectivity index (χ2n) is 0. The summed E-state index contributed by atoms with van der Waals surface area (Å²) in [5.74, 6) is 0. The van der Waals surface area contributed by atoms with E-state index < -0.39 is 0 Å². The molecule has 0 N–H and O–H groups in total. The monoisotopic (exact) mass is 411 g/mol. The minimum atomic E-state index is 0. The van der Waals surface area contributed by atoms with Crippen LogP contribution in [0.25, 0.3) is 0 Å². The van der Waals surface area contributed by atoms with Crippen molar-refractivity contribution in [2.75, 3.05) is 0 Å². The first kappa shape index (κ1) is 33.2. The molecule has 0 atom stereocenters. The van der Waals surface area contributed by atoms with Gasteiger partial charge in [0, 0.05) is 0 Å². The van der Waals surface area contributed by atoms with E-state index in [1.807, 2.05) is 0 Å². The van der Waals surface area contributed by atoms with Gasteiger partial charge in [0.05, 0.1) is 0 Å². The van der Waals surface area contributed by atoms with Crippen molar-refractivity contribution >= 4 is 26.2 Å². The van der Waals surface area contributed by atoms with Crippen LogP contribution in [-0.2, 0) is 50.2 Å². The van der Waals surface area contributed by atoms with Crippen LogP contribution in [0, 0.1) is 0 Å². The van der Waals surface area contributed by atoms with Crippen molar-refractivity contribution in [2.45, 2.75) is 0 Å². The molecule has 0 aliphatic carbocycles. The predicted octanol–water partition coefficient (Wildman–Crippen LogP) is -0.505. The van der Waals surface area contributed by atoms with Crippen LogP contribution in [0.2, 0.25) is 0 Å². The average molecular weight is 411 g/mol. The van der Waals surface area contributed by atoms with Gasteiger partial charge in [0.2, 0.25) is 0 Å². The molecule has 0 heterocycles. The normalized spacial score (nSPS) is 0. The summed E-state index contributed by atoms with van der Waals surface area (Å²) in [5.41, 5.74) is 0. The fourth-order valence-electron chi connectivity index (χ4n) is 0. The Bertz CT molecular complexity index is 6.00. The second-order valence-corrected chi connectivity index (χ2v) is 0. The van der Waals surface area contributed by atoms with Gasteiger partial charge in [0.1, 0.15) is 0 Å². The summed E-state index contributed by atoms with van der Waals surface area (Å²) in [6.07, 6.45) is 0. The maximum absolute atomic E-state index is 0. The topological polar surface area (TPSA) is 28.5 Å². The van der Waals surface area contributed by atoms with Gasteiger partial charge in [-0.25, -0.2) is 0 Å². The minimum absolute atomic E-state index is 0. The zero-order valence-corrected chi connectivity index (χ0v) is 9.62. The Hall–Kier alpha value is 2.32. The van der Waals surface area contributed by atoms with Crippen molar-refractivity contribution in [1.82, 2.24) is 0 Å². The van der Waals surface area contributed by atoms with E-state index in [1.54, 1.807) is 0 Å². The van der Waals surface area contributed by atoms with E-state index in [1.165, 1.54) is 0 Å². The van der Waals surface area contributed by atoms with Gasteiger partial charge in [-0.05, 0) is 0 Å². The first-order valence-corrected chi connectivity index (χ1v) is 0. The maximum atomic E-state index is 0. The predicted molar refractivity (Wildman–Crippen MR) is 6.44 cm³/mol. The fourth-order valence-corrected chi connectivity index (χ4v) is 0. The molecule has 0 aromatic rings. The summed E-state index contributed by atoms with van der Waals surface area (Å²) in [6.45, 7) is 0. The van der Waals surface area contributed by atoms with E-state index in [0.29, 0.717) is 0 Å². The zero-order chi connectivity index (χ0) is 0. The molecular weight excluding hydrogens is 411 g/mol. The summed E-state index contributed by atoms with van der Waals surface area (Å²) >= 11 is 0. The maximum Gasteiger partial charge on any atom is 5.00 e. The quantitative estimate of drug-likeness (QED) is 0.482. The Morgan fingerprint density at radius 1 is 0.750 bits per heavy atom. The van der Waals surface area contributed by atoms with E-state index in [2.05, 4.69) is 0 Å². The SMILES string of the molecule is [Bi+3].[Nb+5].[Nb+5].[O-2]. The van der Waals surface area contributed by atoms with Crippen molar-refractivity contribution in [2.24, 2.45) is 0 Å². The summed E-state index contributed by atoms with van der Waals surface area (Å²) in [6, 6.07) is 0. The third-order valence-corrected chi connectivity index (χ3v) is 0. The third kappa shape index (κ3) is 8.85. The van der Waals surface area contributed by atoms with Crippen LogP contribution in [0.3, 0.4) is 0 Å². The van der Waals surface area contributed by atoms with Crippen LogP contribution in [0.4, 0.5) is 0 Å². The smallest absolute Gasteiger partial charge is 2.00 e. The molecule has 0 saturated heterocycles. The summed E-state index contributed by atoms with van der Waals surface area (Å²) in [4.78, 5) is 0. The van der Waals surface area contributed by atoms with Crippen LogP contribution in [0.1, 0.15) is 0 Å². The molecule has 0 rings (SSSR count). The average Bonchev–Trinajstić information content (AvgIpc) is 0. The van der Waals surface area contributed by atoms with E-state index >= 15 is 0 Å². The number of hydrogen-bond donors (Lipinski definition) is 0. The molecule has 4 heteroatoms. The molecular formula is BiNb2O+11. The van der Waals surface area contributed by atoms with E-state index in [4.69, 9.17) is 0 Å². The van der Waals surface area contributed by atoms with Crippen molar-refractivity contribution < 1.29 is 50.2 Å². The molecule has 1 nitrogen and oxygen atoms in total. The van der Waals surface area contributed by atoms with Crippen LogP contribution < -0.4 is 0 Å². The van der Waals surface area contributed by atoms with Gasteiger partial charge in [-0.1, -0.05) is 0 Å². The van der Waals surface area contributed by atoms with Gasteiger partial charge < -0.3 is 5.48 Å². The number of hydrogen-bond acceptors (Lipinski definition) is 0. The molecule has 0 aromatic heterocycles. The zero-order valence-electron chi connectivity index (χ0n) is 1.75. The Balaban J connectivity index is 0. The largest absolute Gasteiger partial charge is 5.00 e. The van der Waals surface area contributed by atoms with Crippen molar-refractivity contribution in [3.63, 3.8) is 0 Å². The van der Waals surface area contributed by atoms with Gasteiger partial charge in [0.15, 0.2) is 0 Å². The van der Waals surface area contributed by atoms with Crippen molar-refractivity contribution in [3.05, 3.63) is 0 Å². The first-order chi connectivity index (χ1) is 0. The molecule has 10 valence electrons. The summed E-state index contributed by atoms with van der Waals surface area (Å²) in [7, 11) is 0. The van der Waals surface area contributed by atoms with Gasteiger partial charge in [-0.3, -0.25) is 0 Å². The molecule has 0 aliphatic rings. The molecule has 0 aliphatic heterocycles. The Labute approximate surface area is 75.4 Å². The molecule has 0 spiro atoms. The van der Waals surface area contributed by atoms with E-state index in [9.17, 15) is 0 Å². The molecule has 0 bridgehead atoms. The third-order valence-electron chi connectivity index (χ3n) is 0. The van der Waals surface area contributed by atoms with Crippen LogP contribution in [0.15, 0.2) is 0 Å². The Kier molecular flexibility index (Phi) is 153. The van der Waals surface area contributed by atoms with Gasteiger partial charge in [-0.15, -0.1) is 0 Å². The minimum Gasteiger partial charge on any atom is -2.00 e. The Morgan fingerprint density at radius 3 is 0.750 bits per heavy atom. The van der Waals surface area contributed by atoms with Gasteiger partial charge >= 0.3 is 71.0 Å². The second kappa shape index (κ2) is 18.4. The summed E-state index contributed by atoms with van der Waals surface area (Å²) < 4.78 is 0. The van der Waals surface area contributed by atoms with Crippen LogP contribution in [0.5, 0.6) is 0 Å². The van der Waals surface area contributed by atoms with Gasteiger partial charge in [0.25, 0.3) is 0 Å². The molecule has 0 fully saturated rings. The van der Waals surface area contributed by atoms with E-state index in [0.717, 1.165) is 0 Å². The standard InChI is InChI=1S/Bi.2Nb.O/q+3;2*+5;-2. The fraction of sp³-hybridized carbons (Fsp3) is 0. The van der Waals surface area contributed by atoms with Crippen molar-refractivity contribution in [3.8, 4) is 0 Å². The molecule has 2 radical (unpaired) electrons. The molecule has 0 saturated carbocycles. The summed E-state index contributed by atoms with van der Waals surface area (Å²) in [5, 5.41) is 0. The van der Waals surface area contributed by atoms with E-state index in [-0.39, 0.29) is 76.4 Å². The molecule has 0 unspecified atom stereocenters. The Morgan fingerprint density at radius 2 is 0.750 bits per heavy atom. The number of rotatable bonds is 0. The van der Waals surface area contributed by atoms with Crippen molar-refractivity contribution in [1.29, 1.82) is 0 Å². The molecule has 4 heavy (non-hydrogen) atoms. The van der Waals surface area contributed by atoms with Crippen LogP contribution >= 0.6 is 0 Å². The first-order valence-electron chi connectivity index (χ1n) is 0. The van der Waals surface area contributed by atoms with Crippen LogP contribution in [-0.4, -0.2) is 26.2 Å². The molecule has 0 amide bonds.